The van der Waals surface area contributed by atoms with Crippen molar-refractivity contribution in [3.8, 4) is 11.1 Å². The molecule has 0 spiro atoms. The van der Waals surface area contributed by atoms with E-state index in [9.17, 15) is 9.59 Å². The standard InChI is InChI=1S/C29H39NO8/c1-2-7-28(31)37-21-20-36-19-18-35-17-16-34-15-14-33-13-12-30-29(32)38-22-27-25-10-5-3-8-23(25)24-9-4-6-11-26(24)27/h3-6,8-11,27H,2,7,12-22H2,1H3,(H,30,32). The van der Waals surface area contributed by atoms with Crippen LogP contribution in [0.15, 0.2) is 48.5 Å². The first kappa shape index (κ1) is 29.6. The van der Waals surface area contributed by atoms with Gasteiger partial charge in [-0.05, 0) is 28.7 Å². The molecule has 0 fully saturated rings. The molecule has 1 aliphatic rings. The maximum Gasteiger partial charge on any atom is 0.407 e. The van der Waals surface area contributed by atoms with Crippen molar-refractivity contribution in [2.75, 3.05) is 72.6 Å². The highest BCUT2D eigenvalue weighted by Gasteiger charge is 2.28. The molecular weight excluding hydrogens is 490 g/mol. The van der Waals surface area contributed by atoms with E-state index in [1.807, 2.05) is 31.2 Å². The van der Waals surface area contributed by atoms with E-state index in [4.69, 9.17) is 28.4 Å². The molecule has 0 saturated carbocycles. The van der Waals surface area contributed by atoms with E-state index >= 15 is 0 Å². The number of benzene rings is 2. The lowest BCUT2D eigenvalue weighted by molar-refractivity contribution is -0.145. The van der Waals surface area contributed by atoms with Crippen molar-refractivity contribution < 1.29 is 38.0 Å². The molecule has 0 heterocycles. The third-order valence-electron chi connectivity index (χ3n) is 5.92. The number of carbonyl (C=O) groups excluding carboxylic acids is 2. The smallest absolute Gasteiger partial charge is 0.407 e. The molecule has 3 rings (SSSR count). The molecule has 0 atom stereocenters. The van der Waals surface area contributed by atoms with Crippen LogP contribution in [0, 0.1) is 0 Å². The Kier molecular flexibility index (Phi) is 13.6. The summed E-state index contributed by atoms with van der Waals surface area (Å²) in [6, 6.07) is 16.5. The van der Waals surface area contributed by atoms with Crippen LogP contribution in [0.3, 0.4) is 0 Å². The van der Waals surface area contributed by atoms with Gasteiger partial charge in [0.2, 0.25) is 0 Å². The SMILES string of the molecule is CCCC(=O)OCCOCCOCCOCCOCCNC(=O)OCC1c2ccccc2-c2ccccc21. The molecule has 9 heteroatoms. The van der Waals surface area contributed by atoms with Crippen molar-refractivity contribution in [3.05, 3.63) is 59.7 Å². The van der Waals surface area contributed by atoms with Gasteiger partial charge in [-0.15, -0.1) is 0 Å². The van der Waals surface area contributed by atoms with E-state index in [1.54, 1.807) is 0 Å². The second kappa shape index (κ2) is 17.5. The predicted octanol–water partition coefficient (Wildman–Crippen LogP) is 3.93. The number of fused-ring (bicyclic) bond motifs is 3. The fourth-order valence-corrected chi connectivity index (χ4v) is 4.13. The molecule has 0 radical (unpaired) electrons. The zero-order valence-corrected chi connectivity index (χ0v) is 22.2. The lowest BCUT2D eigenvalue weighted by atomic mass is 9.98. The van der Waals surface area contributed by atoms with Gasteiger partial charge in [0.25, 0.3) is 0 Å². The number of alkyl carbamates (subject to hydrolysis) is 1. The van der Waals surface area contributed by atoms with Gasteiger partial charge in [-0.25, -0.2) is 4.79 Å². The number of hydrogen-bond acceptors (Lipinski definition) is 8. The maximum absolute atomic E-state index is 12.2. The first-order valence-corrected chi connectivity index (χ1v) is 13.3. The van der Waals surface area contributed by atoms with Gasteiger partial charge in [0, 0.05) is 18.9 Å². The van der Waals surface area contributed by atoms with Crippen LogP contribution in [-0.2, 0) is 33.2 Å². The summed E-state index contributed by atoms with van der Waals surface area (Å²) in [5.74, 6) is -0.153. The zero-order valence-electron chi connectivity index (χ0n) is 22.2. The molecule has 0 saturated heterocycles. The normalized spacial score (nSPS) is 12.1. The summed E-state index contributed by atoms with van der Waals surface area (Å²) in [6.07, 6.45) is 0.764. The lowest BCUT2D eigenvalue weighted by Crippen LogP contribution is -2.29. The Balaban J connectivity index is 1.12. The van der Waals surface area contributed by atoms with Crippen molar-refractivity contribution in [3.63, 3.8) is 0 Å². The molecule has 9 nitrogen and oxygen atoms in total. The summed E-state index contributed by atoms with van der Waals surface area (Å²) < 4.78 is 32.2. The quantitative estimate of drug-likeness (QED) is 0.216. The molecule has 2 aromatic carbocycles. The Hall–Kier alpha value is -2.98. The molecule has 0 bridgehead atoms. The van der Waals surface area contributed by atoms with Crippen LogP contribution in [0.1, 0.15) is 36.8 Å². The van der Waals surface area contributed by atoms with Gasteiger partial charge in [-0.2, -0.15) is 0 Å². The number of nitrogens with one attached hydrogen (secondary N) is 1. The number of hydrogen-bond donors (Lipinski definition) is 1. The van der Waals surface area contributed by atoms with Crippen molar-refractivity contribution in [2.45, 2.75) is 25.7 Å². The lowest BCUT2D eigenvalue weighted by Gasteiger charge is -2.14. The second-order valence-electron chi connectivity index (χ2n) is 8.67. The Labute approximate surface area is 224 Å². The van der Waals surface area contributed by atoms with E-state index in [0.717, 1.165) is 6.42 Å². The van der Waals surface area contributed by atoms with Crippen LogP contribution in [0.2, 0.25) is 0 Å². The molecule has 1 aliphatic carbocycles. The van der Waals surface area contributed by atoms with Crippen LogP contribution in [-0.4, -0.2) is 84.7 Å². The average molecular weight is 530 g/mol. The summed E-state index contributed by atoms with van der Waals surface area (Å²) >= 11 is 0. The Morgan fingerprint density at radius 3 is 1.74 bits per heavy atom. The average Bonchev–Trinajstić information content (AvgIpc) is 3.25. The van der Waals surface area contributed by atoms with Gasteiger partial charge in [-0.1, -0.05) is 55.5 Å². The molecular formula is C29H39NO8. The van der Waals surface area contributed by atoms with Gasteiger partial charge >= 0.3 is 12.1 Å². The molecule has 2 aromatic rings. The summed E-state index contributed by atoms with van der Waals surface area (Å²) in [7, 11) is 0. The fraction of sp³-hybridized carbons (Fsp3) is 0.517. The summed E-state index contributed by atoms with van der Waals surface area (Å²) in [5, 5.41) is 2.73. The zero-order chi connectivity index (χ0) is 26.8. The summed E-state index contributed by atoms with van der Waals surface area (Å²) in [4.78, 5) is 23.3. The van der Waals surface area contributed by atoms with E-state index in [-0.39, 0.29) is 25.1 Å². The van der Waals surface area contributed by atoms with Crippen molar-refractivity contribution in [1.29, 1.82) is 0 Å². The highest BCUT2D eigenvalue weighted by molar-refractivity contribution is 5.79. The van der Waals surface area contributed by atoms with Crippen molar-refractivity contribution in [2.24, 2.45) is 0 Å². The molecule has 1 amide bonds. The molecule has 208 valence electrons. The van der Waals surface area contributed by atoms with Crippen LogP contribution < -0.4 is 5.32 Å². The first-order chi connectivity index (χ1) is 18.7. The number of carbonyl (C=O) groups is 2. The largest absolute Gasteiger partial charge is 0.463 e. The Morgan fingerprint density at radius 1 is 0.684 bits per heavy atom. The van der Waals surface area contributed by atoms with Crippen LogP contribution in [0.5, 0.6) is 0 Å². The molecule has 0 unspecified atom stereocenters. The minimum atomic E-state index is -0.453. The monoisotopic (exact) mass is 529 g/mol. The minimum absolute atomic E-state index is 0.0416. The maximum atomic E-state index is 12.2. The van der Waals surface area contributed by atoms with E-state index < -0.39 is 6.09 Å². The molecule has 1 N–H and O–H groups in total. The van der Waals surface area contributed by atoms with E-state index in [0.29, 0.717) is 65.8 Å². The van der Waals surface area contributed by atoms with Crippen LogP contribution in [0.25, 0.3) is 11.1 Å². The minimum Gasteiger partial charge on any atom is -0.463 e. The highest BCUT2D eigenvalue weighted by atomic mass is 16.6. The van der Waals surface area contributed by atoms with E-state index in [1.165, 1.54) is 22.3 Å². The number of esters is 1. The Morgan fingerprint density at radius 2 is 1.18 bits per heavy atom. The van der Waals surface area contributed by atoms with Gasteiger partial charge in [0.05, 0.1) is 52.9 Å². The van der Waals surface area contributed by atoms with Gasteiger partial charge in [0.1, 0.15) is 13.2 Å². The van der Waals surface area contributed by atoms with Gasteiger partial charge in [0.15, 0.2) is 0 Å². The van der Waals surface area contributed by atoms with Crippen molar-refractivity contribution >= 4 is 12.1 Å². The second-order valence-corrected chi connectivity index (χ2v) is 8.67. The third-order valence-corrected chi connectivity index (χ3v) is 5.92. The third kappa shape index (κ3) is 10.1. The number of rotatable bonds is 19. The van der Waals surface area contributed by atoms with Gasteiger partial charge < -0.3 is 33.7 Å². The molecule has 0 aromatic heterocycles. The first-order valence-electron chi connectivity index (χ1n) is 13.3. The number of amides is 1. The van der Waals surface area contributed by atoms with Gasteiger partial charge in [-0.3, -0.25) is 4.79 Å². The topological polar surface area (TPSA) is 102 Å². The van der Waals surface area contributed by atoms with Crippen molar-refractivity contribution in [1.82, 2.24) is 5.32 Å². The van der Waals surface area contributed by atoms with Crippen LogP contribution in [0.4, 0.5) is 4.79 Å². The fourth-order valence-electron chi connectivity index (χ4n) is 4.13. The highest BCUT2D eigenvalue weighted by Crippen LogP contribution is 2.44. The summed E-state index contributed by atoms with van der Waals surface area (Å²) in [5.41, 5.74) is 4.77. The molecule has 38 heavy (non-hydrogen) atoms. The molecule has 0 aliphatic heterocycles. The van der Waals surface area contributed by atoms with Crippen LogP contribution >= 0.6 is 0 Å². The Bertz CT molecular complexity index is 937. The number of ether oxygens (including phenoxy) is 6. The predicted molar refractivity (Wildman–Crippen MR) is 142 cm³/mol. The van der Waals surface area contributed by atoms with E-state index in [2.05, 4.69) is 29.6 Å². The summed E-state index contributed by atoms with van der Waals surface area (Å²) in [6.45, 7) is 6.24.